The van der Waals surface area contributed by atoms with Crippen molar-refractivity contribution in [3.63, 3.8) is 0 Å². The number of carboxylic acid groups (broad SMARTS) is 1. The monoisotopic (exact) mass is 561 g/mol. The Kier molecular flexibility index (Phi) is 10.8. The van der Waals surface area contributed by atoms with E-state index in [-0.39, 0.29) is 18.1 Å². The molecule has 0 aliphatic carbocycles. The summed E-state index contributed by atoms with van der Waals surface area (Å²) in [6, 6.07) is 27.8. The van der Waals surface area contributed by atoms with Gasteiger partial charge in [-0.3, -0.25) is 0 Å². The van der Waals surface area contributed by atoms with Gasteiger partial charge in [0.1, 0.15) is 6.61 Å². The summed E-state index contributed by atoms with van der Waals surface area (Å²) in [5.41, 5.74) is 0.763. The number of ether oxygens (including phenoxy) is 1. The lowest BCUT2D eigenvalue weighted by molar-refractivity contribution is -0.142. The highest BCUT2D eigenvalue weighted by Crippen LogP contribution is 2.38. The van der Waals surface area contributed by atoms with E-state index in [1.54, 1.807) is 18.2 Å². The molecule has 3 atom stereocenters. The number of hydrogen-bond donors (Lipinski definition) is 3. The van der Waals surface area contributed by atoms with E-state index in [9.17, 15) is 19.8 Å². The first-order valence-electron chi connectivity index (χ1n) is 13.4. The van der Waals surface area contributed by atoms with Crippen molar-refractivity contribution in [3.05, 3.63) is 109 Å². The van der Waals surface area contributed by atoms with Gasteiger partial charge in [-0.2, -0.15) is 0 Å². The summed E-state index contributed by atoms with van der Waals surface area (Å²) in [5.74, 6) is -1.35. The standard InChI is InChI=1S/C32H39NO6Si/c1-5-25(21-22-28(34)29(30(35)36)33-31(37)38-23-24-15-9-6-10-16-24)39-40(32(2,3)4,26-17-11-7-12-18-26)27-19-13-8-14-20-27/h5-20,25,28-29,34H,1,21-23H2,2-4H3,(H,33,37)(H,35,36). The molecular formula is C32H39NO6Si. The van der Waals surface area contributed by atoms with E-state index in [0.717, 1.165) is 15.9 Å². The van der Waals surface area contributed by atoms with Crippen molar-refractivity contribution in [2.24, 2.45) is 0 Å². The fourth-order valence-corrected chi connectivity index (χ4v) is 9.54. The van der Waals surface area contributed by atoms with Gasteiger partial charge in [-0.15, -0.1) is 6.58 Å². The van der Waals surface area contributed by atoms with Gasteiger partial charge in [-0.1, -0.05) is 118 Å². The average Bonchev–Trinajstić information content (AvgIpc) is 2.95. The molecule has 3 rings (SSSR count). The maximum absolute atomic E-state index is 12.3. The van der Waals surface area contributed by atoms with Crippen molar-refractivity contribution in [1.82, 2.24) is 5.32 Å². The van der Waals surface area contributed by atoms with E-state index in [1.807, 2.05) is 54.6 Å². The van der Waals surface area contributed by atoms with E-state index < -0.39 is 38.6 Å². The first-order chi connectivity index (χ1) is 19.1. The smallest absolute Gasteiger partial charge is 0.408 e. The molecule has 3 N–H and O–H groups in total. The molecule has 0 aliphatic heterocycles. The predicted octanol–water partition coefficient (Wildman–Crippen LogP) is 4.64. The molecule has 212 valence electrons. The summed E-state index contributed by atoms with van der Waals surface area (Å²) >= 11 is 0. The van der Waals surface area contributed by atoms with Gasteiger partial charge in [0.05, 0.1) is 12.2 Å². The quantitative estimate of drug-likeness (QED) is 0.208. The Labute approximate surface area is 237 Å². The first-order valence-corrected chi connectivity index (χ1v) is 15.3. The molecule has 3 aromatic carbocycles. The molecular weight excluding hydrogens is 522 g/mol. The number of nitrogens with one attached hydrogen (secondary N) is 1. The number of carboxylic acids is 1. The average molecular weight is 562 g/mol. The Morgan fingerprint density at radius 2 is 1.40 bits per heavy atom. The first kappa shape index (κ1) is 30.8. The van der Waals surface area contributed by atoms with E-state index >= 15 is 0 Å². The minimum absolute atomic E-state index is 0.0139. The third kappa shape index (κ3) is 7.69. The highest BCUT2D eigenvalue weighted by Gasteiger charge is 2.51. The van der Waals surface area contributed by atoms with E-state index in [0.29, 0.717) is 6.42 Å². The van der Waals surface area contributed by atoms with Crippen LogP contribution in [0.3, 0.4) is 0 Å². The Bertz CT molecular complexity index is 1190. The van der Waals surface area contributed by atoms with Gasteiger partial charge in [0.15, 0.2) is 6.04 Å². The molecule has 3 aromatic rings. The second-order valence-corrected chi connectivity index (χ2v) is 15.0. The molecule has 0 aromatic heterocycles. The summed E-state index contributed by atoms with van der Waals surface area (Å²) in [7, 11) is -2.88. The molecule has 0 fully saturated rings. The third-order valence-electron chi connectivity index (χ3n) is 6.89. The van der Waals surface area contributed by atoms with Gasteiger partial charge in [-0.25, -0.2) is 9.59 Å². The van der Waals surface area contributed by atoms with Crippen molar-refractivity contribution in [1.29, 1.82) is 0 Å². The zero-order valence-electron chi connectivity index (χ0n) is 23.3. The highest BCUT2D eigenvalue weighted by atomic mass is 28.4. The van der Waals surface area contributed by atoms with Crippen molar-refractivity contribution in [2.75, 3.05) is 0 Å². The topological polar surface area (TPSA) is 105 Å². The van der Waals surface area contributed by atoms with Crippen LogP contribution in [0.1, 0.15) is 39.2 Å². The van der Waals surface area contributed by atoms with E-state index in [1.165, 1.54) is 0 Å². The van der Waals surface area contributed by atoms with Crippen LogP contribution in [-0.2, 0) is 20.6 Å². The second-order valence-electron chi connectivity index (χ2n) is 10.7. The number of amides is 1. The number of hydrogen-bond acceptors (Lipinski definition) is 5. The number of alkyl carbamates (subject to hydrolysis) is 1. The number of carbonyl (C=O) groups excluding carboxylic acids is 1. The molecule has 0 saturated carbocycles. The molecule has 3 unspecified atom stereocenters. The molecule has 40 heavy (non-hydrogen) atoms. The molecule has 0 heterocycles. The Hall–Kier alpha value is -3.72. The number of aliphatic hydroxyl groups excluding tert-OH is 1. The maximum Gasteiger partial charge on any atom is 0.408 e. The van der Waals surface area contributed by atoms with Crippen LogP contribution >= 0.6 is 0 Å². The van der Waals surface area contributed by atoms with E-state index in [2.05, 4.69) is 56.9 Å². The summed E-state index contributed by atoms with van der Waals surface area (Å²) < 4.78 is 12.2. The summed E-state index contributed by atoms with van der Waals surface area (Å²) in [4.78, 5) is 24.2. The van der Waals surface area contributed by atoms with Crippen LogP contribution < -0.4 is 15.7 Å². The zero-order valence-corrected chi connectivity index (χ0v) is 24.3. The van der Waals surface area contributed by atoms with Crippen LogP contribution in [0.4, 0.5) is 4.79 Å². The Morgan fingerprint density at radius 1 is 0.900 bits per heavy atom. The van der Waals surface area contributed by atoms with Crippen molar-refractivity contribution in [3.8, 4) is 0 Å². The Balaban J connectivity index is 1.75. The number of benzene rings is 3. The molecule has 1 amide bonds. The molecule has 0 aliphatic rings. The summed E-state index contributed by atoms with van der Waals surface area (Å²) in [6.45, 7) is 10.5. The highest BCUT2D eigenvalue weighted by molar-refractivity contribution is 6.99. The lowest BCUT2D eigenvalue weighted by Gasteiger charge is -2.45. The largest absolute Gasteiger partial charge is 0.480 e. The number of aliphatic hydroxyl groups is 1. The van der Waals surface area contributed by atoms with Gasteiger partial charge in [0, 0.05) is 0 Å². The minimum Gasteiger partial charge on any atom is -0.480 e. The van der Waals surface area contributed by atoms with Crippen molar-refractivity contribution >= 4 is 30.8 Å². The summed E-state index contributed by atoms with van der Waals surface area (Å²) in [5, 5.41) is 24.8. The molecule has 0 saturated heterocycles. The normalized spacial score (nSPS) is 14.0. The van der Waals surface area contributed by atoms with Gasteiger partial charge in [-0.05, 0) is 33.8 Å². The van der Waals surface area contributed by atoms with Crippen molar-refractivity contribution < 1.29 is 29.0 Å². The molecule has 0 bridgehead atoms. The molecule has 7 nitrogen and oxygen atoms in total. The lowest BCUT2D eigenvalue weighted by atomic mass is 10.0. The SMILES string of the molecule is C=CC(CCC(O)C(NC(=O)OCc1ccccc1)C(=O)O)O[Si](c1ccccc1)(c1ccccc1)C(C)(C)C. The van der Waals surface area contributed by atoms with Crippen LogP contribution in [-0.4, -0.2) is 48.8 Å². The van der Waals surface area contributed by atoms with Gasteiger partial charge >= 0.3 is 12.1 Å². The molecule has 0 spiro atoms. The predicted molar refractivity (Wildman–Crippen MR) is 159 cm³/mol. The fourth-order valence-electron chi connectivity index (χ4n) is 4.86. The zero-order chi connectivity index (χ0) is 29.2. The van der Waals surface area contributed by atoms with Crippen LogP contribution in [0.5, 0.6) is 0 Å². The fraction of sp³-hybridized carbons (Fsp3) is 0.312. The van der Waals surface area contributed by atoms with Crippen LogP contribution in [0.15, 0.2) is 104 Å². The van der Waals surface area contributed by atoms with Crippen LogP contribution in [0.25, 0.3) is 0 Å². The number of aliphatic carboxylic acids is 1. The van der Waals surface area contributed by atoms with Gasteiger partial charge < -0.3 is 24.7 Å². The van der Waals surface area contributed by atoms with Crippen LogP contribution in [0, 0.1) is 0 Å². The van der Waals surface area contributed by atoms with Gasteiger partial charge in [0.25, 0.3) is 8.32 Å². The third-order valence-corrected chi connectivity index (χ3v) is 12.0. The number of rotatable bonds is 13. The maximum atomic E-state index is 12.3. The van der Waals surface area contributed by atoms with Gasteiger partial charge in [0.2, 0.25) is 0 Å². The Morgan fingerprint density at radius 3 is 1.85 bits per heavy atom. The summed E-state index contributed by atoms with van der Waals surface area (Å²) in [6.07, 6.45) is -0.694. The number of carbonyl (C=O) groups is 2. The van der Waals surface area contributed by atoms with Crippen molar-refractivity contribution in [2.45, 2.75) is 63.5 Å². The second kappa shape index (κ2) is 14.1. The lowest BCUT2D eigenvalue weighted by Crippen LogP contribution is -2.67. The van der Waals surface area contributed by atoms with Crippen LogP contribution in [0.2, 0.25) is 5.04 Å². The molecule has 0 radical (unpaired) electrons. The molecule has 8 heteroatoms. The minimum atomic E-state index is -2.88. The van der Waals surface area contributed by atoms with E-state index in [4.69, 9.17) is 9.16 Å².